The monoisotopic (exact) mass is 361 g/mol. The fraction of sp³-hybridized carbons (Fsp3) is 0.190. The summed E-state index contributed by atoms with van der Waals surface area (Å²) in [5.74, 6) is 0.896. The first kappa shape index (κ1) is 17.0. The lowest BCUT2D eigenvalue weighted by atomic mass is 9.93. The molecule has 0 saturated carbocycles. The molecule has 27 heavy (non-hydrogen) atoms. The van der Waals surface area contributed by atoms with E-state index in [1.807, 2.05) is 55.5 Å². The number of aromatic nitrogens is 1. The highest BCUT2D eigenvalue weighted by molar-refractivity contribution is 6.17. The lowest BCUT2D eigenvalue weighted by Crippen LogP contribution is -2.15. The maximum absolute atomic E-state index is 11.7. The first-order chi connectivity index (χ1) is 13.1. The molecule has 0 radical (unpaired) electrons. The number of hydrogen-bond acceptors (Lipinski definition) is 5. The number of hydrogen-bond donors (Lipinski definition) is 1. The van der Waals surface area contributed by atoms with Crippen LogP contribution in [0.5, 0.6) is 5.75 Å². The van der Waals surface area contributed by atoms with Crippen LogP contribution in [0.15, 0.2) is 58.0 Å². The Morgan fingerprint density at radius 2 is 1.85 bits per heavy atom. The summed E-state index contributed by atoms with van der Waals surface area (Å²) in [7, 11) is 1.63. The van der Waals surface area contributed by atoms with Crippen molar-refractivity contribution in [1.82, 2.24) is 5.16 Å². The van der Waals surface area contributed by atoms with E-state index in [0.29, 0.717) is 5.76 Å². The van der Waals surface area contributed by atoms with Gasteiger partial charge in [-0.05, 0) is 36.8 Å². The summed E-state index contributed by atoms with van der Waals surface area (Å²) in [5, 5.41) is 4.10. The highest BCUT2D eigenvalue weighted by Crippen LogP contribution is 2.40. The Balaban J connectivity index is 1.96. The predicted molar refractivity (Wildman–Crippen MR) is 102 cm³/mol. The molecule has 2 heterocycles. The van der Waals surface area contributed by atoms with Gasteiger partial charge in [-0.2, -0.15) is 0 Å². The molecule has 0 unspecified atom stereocenters. The number of nitrogens with zero attached hydrogens (tertiary/aromatic N) is 2. The van der Waals surface area contributed by atoms with Crippen molar-refractivity contribution in [3.05, 3.63) is 71.1 Å². The van der Waals surface area contributed by atoms with Gasteiger partial charge < -0.3 is 15.0 Å². The summed E-state index contributed by atoms with van der Waals surface area (Å²) in [6, 6.07) is 15.1. The van der Waals surface area contributed by atoms with E-state index < -0.39 is 11.9 Å². The minimum absolute atomic E-state index is 0.0509. The molecule has 0 fully saturated rings. The molecule has 0 spiro atoms. The number of ether oxygens (including phenoxy) is 1. The highest BCUT2D eigenvalue weighted by Gasteiger charge is 2.30. The molecule has 1 aromatic heterocycles. The average Bonchev–Trinajstić information content (AvgIpc) is 3.00. The molecule has 2 N–H and O–H groups in total. The van der Waals surface area contributed by atoms with Crippen LogP contribution in [0.4, 0.5) is 0 Å². The number of amides is 1. The van der Waals surface area contributed by atoms with Crippen molar-refractivity contribution in [2.24, 2.45) is 10.7 Å². The number of carbonyl (C=O) groups excluding carboxylic acids is 1. The second kappa shape index (κ2) is 6.72. The minimum atomic E-state index is -0.525. The number of carbonyl (C=O) groups is 1. The lowest BCUT2D eigenvalue weighted by molar-refractivity contribution is -0.118. The average molecular weight is 361 g/mol. The van der Waals surface area contributed by atoms with Crippen molar-refractivity contribution in [1.29, 1.82) is 0 Å². The van der Waals surface area contributed by atoms with Gasteiger partial charge in [0.2, 0.25) is 5.91 Å². The number of primary amides is 1. The van der Waals surface area contributed by atoms with Crippen molar-refractivity contribution in [3.63, 3.8) is 0 Å². The van der Waals surface area contributed by atoms with Crippen LogP contribution in [0.1, 0.15) is 35.0 Å². The summed E-state index contributed by atoms with van der Waals surface area (Å²) >= 11 is 0. The van der Waals surface area contributed by atoms with Gasteiger partial charge in [0.25, 0.3) is 0 Å². The molecule has 1 aliphatic heterocycles. The number of aliphatic imine (C=N–C) groups is 1. The molecular formula is C21H19N3O3. The Labute approximate surface area is 156 Å². The Bertz CT molecular complexity index is 1040. The fourth-order valence-corrected chi connectivity index (χ4v) is 3.44. The van der Waals surface area contributed by atoms with Gasteiger partial charge in [0.05, 0.1) is 30.5 Å². The van der Waals surface area contributed by atoms with Gasteiger partial charge in [-0.1, -0.05) is 29.4 Å². The van der Waals surface area contributed by atoms with Crippen molar-refractivity contribution in [3.8, 4) is 16.9 Å². The Morgan fingerprint density at radius 1 is 1.15 bits per heavy atom. The predicted octanol–water partition coefficient (Wildman–Crippen LogP) is 3.43. The number of rotatable bonds is 4. The fourth-order valence-electron chi connectivity index (χ4n) is 3.44. The number of nitrogens with two attached hydrogens (primary N) is 1. The van der Waals surface area contributed by atoms with Gasteiger partial charge in [-0.3, -0.25) is 9.79 Å². The normalized spacial score (nSPS) is 15.3. The molecule has 0 aliphatic carbocycles. The van der Waals surface area contributed by atoms with Crippen LogP contribution in [-0.2, 0) is 4.79 Å². The van der Waals surface area contributed by atoms with E-state index in [1.165, 1.54) is 0 Å². The zero-order chi connectivity index (χ0) is 19.0. The molecule has 136 valence electrons. The quantitative estimate of drug-likeness (QED) is 0.771. The van der Waals surface area contributed by atoms with Crippen molar-refractivity contribution in [2.45, 2.75) is 19.4 Å². The van der Waals surface area contributed by atoms with E-state index in [1.54, 1.807) is 7.11 Å². The molecule has 1 amide bonds. The Kier molecular flexibility index (Phi) is 4.24. The van der Waals surface area contributed by atoms with Crippen LogP contribution in [0.2, 0.25) is 0 Å². The van der Waals surface area contributed by atoms with Crippen LogP contribution in [0, 0.1) is 6.92 Å². The zero-order valence-electron chi connectivity index (χ0n) is 15.1. The van der Waals surface area contributed by atoms with E-state index in [2.05, 4.69) is 5.16 Å². The lowest BCUT2D eigenvalue weighted by Gasteiger charge is -2.12. The SMILES string of the molecule is COc1ccc(C2=N[C@@H](CC(N)=O)c3onc(C)c3-c3ccccc32)cc1. The third-order valence-corrected chi connectivity index (χ3v) is 4.69. The van der Waals surface area contributed by atoms with Crippen LogP contribution >= 0.6 is 0 Å². The second-order valence-electron chi connectivity index (χ2n) is 6.45. The van der Waals surface area contributed by atoms with Crippen molar-refractivity contribution in [2.75, 3.05) is 7.11 Å². The van der Waals surface area contributed by atoms with Gasteiger partial charge in [-0.25, -0.2) is 0 Å². The largest absolute Gasteiger partial charge is 0.497 e. The molecule has 2 aromatic carbocycles. The first-order valence-electron chi connectivity index (χ1n) is 8.65. The molecule has 1 aliphatic rings. The van der Waals surface area contributed by atoms with E-state index in [-0.39, 0.29) is 6.42 Å². The molecule has 1 atom stereocenters. The van der Waals surface area contributed by atoms with Crippen LogP contribution in [0.3, 0.4) is 0 Å². The highest BCUT2D eigenvalue weighted by atomic mass is 16.5. The van der Waals surface area contributed by atoms with Gasteiger partial charge in [-0.15, -0.1) is 0 Å². The minimum Gasteiger partial charge on any atom is -0.497 e. The zero-order valence-corrected chi connectivity index (χ0v) is 15.1. The summed E-state index contributed by atoms with van der Waals surface area (Å²) in [6.45, 7) is 1.89. The third kappa shape index (κ3) is 2.99. The molecule has 6 nitrogen and oxygen atoms in total. The Hall–Kier alpha value is -3.41. The molecule has 0 bridgehead atoms. The summed E-state index contributed by atoms with van der Waals surface area (Å²) in [5.41, 5.74) is 10.8. The molecular weight excluding hydrogens is 342 g/mol. The molecule has 6 heteroatoms. The van der Waals surface area contributed by atoms with E-state index in [0.717, 1.165) is 39.4 Å². The summed E-state index contributed by atoms with van der Waals surface area (Å²) < 4.78 is 10.8. The maximum atomic E-state index is 11.7. The van der Waals surface area contributed by atoms with Crippen LogP contribution < -0.4 is 10.5 Å². The first-order valence-corrected chi connectivity index (χ1v) is 8.65. The van der Waals surface area contributed by atoms with Crippen LogP contribution in [-0.4, -0.2) is 23.9 Å². The standard InChI is InChI=1S/C21H19N3O3/c1-12-19-15-5-3-4-6-16(15)20(13-7-9-14(26-2)10-8-13)23-17(11-18(22)25)21(19)27-24-12/h3-10,17H,11H2,1-2H3,(H2,22,25)/t17-/m0/s1. The third-order valence-electron chi connectivity index (χ3n) is 4.69. The van der Waals surface area contributed by atoms with E-state index >= 15 is 0 Å². The molecule has 3 aromatic rings. The summed E-state index contributed by atoms with van der Waals surface area (Å²) in [6.07, 6.45) is 0.0509. The van der Waals surface area contributed by atoms with Crippen molar-refractivity contribution >= 4 is 11.6 Å². The number of fused-ring (bicyclic) bond motifs is 3. The van der Waals surface area contributed by atoms with Crippen molar-refractivity contribution < 1.29 is 14.1 Å². The van der Waals surface area contributed by atoms with Crippen LogP contribution in [0.25, 0.3) is 11.1 Å². The topological polar surface area (TPSA) is 90.7 Å². The smallest absolute Gasteiger partial charge is 0.220 e. The van der Waals surface area contributed by atoms with Gasteiger partial charge >= 0.3 is 0 Å². The molecule has 0 saturated heterocycles. The van der Waals surface area contributed by atoms with Gasteiger partial charge in [0.15, 0.2) is 5.76 Å². The number of benzene rings is 2. The maximum Gasteiger partial charge on any atom is 0.220 e. The second-order valence-corrected chi connectivity index (χ2v) is 6.45. The summed E-state index contributed by atoms with van der Waals surface area (Å²) in [4.78, 5) is 16.5. The number of aryl methyl sites for hydroxylation is 1. The molecule has 4 rings (SSSR count). The van der Waals surface area contributed by atoms with E-state index in [4.69, 9.17) is 20.0 Å². The Morgan fingerprint density at radius 3 is 2.52 bits per heavy atom. The van der Waals surface area contributed by atoms with E-state index in [9.17, 15) is 4.79 Å². The van der Waals surface area contributed by atoms with Gasteiger partial charge in [0.1, 0.15) is 11.8 Å². The number of methoxy groups -OCH3 is 1. The van der Waals surface area contributed by atoms with Gasteiger partial charge in [0, 0.05) is 11.1 Å².